The quantitative estimate of drug-likeness (QED) is 0.832. The zero-order chi connectivity index (χ0) is 10.7. The van der Waals surface area contributed by atoms with E-state index in [-0.39, 0.29) is 5.54 Å². The molecule has 1 heterocycles. The van der Waals surface area contributed by atoms with Crippen LogP contribution in [0.4, 0.5) is 0 Å². The summed E-state index contributed by atoms with van der Waals surface area (Å²) in [6, 6.07) is 2.22. The van der Waals surface area contributed by atoms with Gasteiger partial charge in [0.05, 0.1) is 0 Å². The molecule has 0 amide bonds. The van der Waals surface area contributed by atoms with E-state index in [1.165, 1.54) is 37.7 Å². The Kier molecular flexibility index (Phi) is 3.47. The first-order valence-electron chi connectivity index (χ1n) is 6.04. The van der Waals surface area contributed by atoms with Crippen molar-refractivity contribution in [3.63, 3.8) is 0 Å². The lowest BCUT2D eigenvalue weighted by Gasteiger charge is -2.41. The van der Waals surface area contributed by atoms with Crippen molar-refractivity contribution in [3.05, 3.63) is 22.4 Å². The van der Waals surface area contributed by atoms with Crippen LogP contribution in [0.2, 0.25) is 0 Å². The van der Waals surface area contributed by atoms with Gasteiger partial charge in [0.1, 0.15) is 0 Å². The number of nitrogens with two attached hydrogens (primary N) is 1. The SMILES string of the molecule is CCC1CCCCC1(N)Cc1ccsc1. The van der Waals surface area contributed by atoms with E-state index in [1.807, 2.05) is 0 Å². The highest BCUT2D eigenvalue weighted by molar-refractivity contribution is 7.07. The van der Waals surface area contributed by atoms with Crippen molar-refractivity contribution in [1.29, 1.82) is 0 Å². The fourth-order valence-electron chi connectivity index (χ4n) is 2.95. The number of hydrogen-bond acceptors (Lipinski definition) is 2. The maximum absolute atomic E-state index is 6.61. The minimum atomic E-state index is 0.0775. The first-order chi connectivity index (χ1) is 7.24. The van der Waals surface area contributed by atoms with Crippen molar-refractivity contribution >= 4 is 11.3 Å². The smallest absolute Gasteiger partial charge is 0.0223 e. The van der Waals surface area contributed by atoms with Gasteiger partial charge in [0.15, 0.2) is 0 Å². The molecule has 1 aliphatic carbocycles. The van der Waals surface area contributed by atoms with E-state index in [0.717, 1.165) is 12.3 Å². The van der Waals surface area contributed by atoms with Gasteiger partial charge in [-0.25, -0.2) is 0 Å². The van der Waals surface area contributed by atoms with Crippen LogP contribution in [0, 0.1) is 5.92 Å². The van der Waals surface area contributed by atoms with E-state index in [2.05, 4.69) is 23.8 Å². The lowest BCUT2D eigenvalue weighted by Crippen LogP contribution is -2.50. The normalized spacial score (nSPS) is 31.7. The van der Waals surface area contributed by atoms with Crippen LogP contribution in [0.25, 0.3) is 0 Å². The van der Waals surface area contributed by atoms with Crippen LogP contribution in [-0.2, 0) is 6.42 Å². The number of hydrogen-bond donors (Lipinski definition) is 1. The first-order valence-corrected chi connectivity index (χ1v) is 6.99. The molecule has 2 heteroatoms. The Morgan fingerprint density at radius 1 is 1.53 bits per heavy atom. The van der Waals surface area contributed by atoms with Crippen LogP contribution < -0.4 is 5.73 Å². The Hall–Kier alpha value is -0.340. The average Bonchev–Trinajstić information content (AvgIpc) is 2.70. The van der Waals surface area contributed by atoms with Crippen LogP contribution >= 0.6 is 11.3 Å². The predicted octanol–water partition coefficient (Wildman–Crippen LogP) is 3.59. The second-order valence-electron chi connectivity index (χ2n) is 4.89. The van der Waals surface area contributed by atoms with Crippen LogP contribution in [0.5, 0.6) is 0 Å². The molecule has 1 aliphatic rings. The summed E-state index contributed by atoms with van der Waals surface area (Å²) in [6.45, 7) is 2.28. The van der Waals surface area contributed by atoms with Crippen LogP contribution in [0.1, 0.15) is 44.6 Å². The Morgan fingerprint density at radius 3 is 3.07 bits per heavy atom. The summed E-state index contributed by atoms with van der Waals surface area (Å²) in [5.41, 5.74) is 8.12. The molecule has 0 aromatic carbocycles. The summed E-state index contributed by atoms with van der Waals surface area (Å²) in [4.78, 5) is 0. The number of thiophene rings is 1. The summed E-state index contributed by atoms with van der Waals surface area (Å²) < 4.78 is 0. The Labute approximate surface area is 96.7 Å². The van der Waals surface area contributed by atoms with Crippen LogP contribution in [0.15, 0.2) is 16.8 Å². The van der Waals surface area contributed by atoms with Crippen LogP contribution in [-0.4, -0.2) is 5.54 Å². The fourth-order valence-corrected chi connectivity index (χ4v) is 3.62. The molecule has 0 saturated heterocycles. The van der Waals surface area contributed by atoms with E-state index >= 15 is 0 Å². The Bertz CT molecular complexity index is 293. The fraction of sp³-hybridized carbons (Fsp3) is 0.692. The third-order valence-corrected chi connectivity index (χ3v) is 4.60. The maximum Gasteiger partial charge on any atom is 0.0223 e. The van der Waals surface area contributed by atoms with Crippen LogP contribution in [0.3, 0.4) is 0 Å². The minimum absolute atomic E-state index is 0.0775. The molecule has 1 aromatic rings. The predicted molar refractivity (Wildman–Crippen MR) is 67.2 cm³/mol. The van der Waals surface area contributed by atoms with Gasteiger partial charge >= 0.3 is 0 Å². The summed E-state index contributed by atoms with van der Waals surface area (Å²) >= 11 is 1.78. The van der Waals surface area contributed by atoms with E-state index < -0.39 is 0 Å². The second kappa shape index (κ2) is 4.67. The summed E-state index contributed by atoms with van der Waals surface area (Å²) in [6.07, 6.45) is 7.55. The average molecular weight is 223 g/mol. The zero-order valence-corrected chi connectivity index (χ0v) is 10.4. The summed E-state index contributed by atoms with van der Waals surface area (Å²) in [5, 5.41) is 4.40. The van der Waals surface area contributed by atoms with E-state index in [0.29, 0.717) is 0 Å². The van der Waals surface area contributed by atoms with Crippen molar-refractivity contribution in [1.82, 2.24) is 0 Å². The third kappa shape index (κ3) is 2.43. The lowest BCUT2D eigenvalue weighted by molar-refractivity contribution is 0.182. The Balaban J connectivity index is 2.09. The molecule has 0 spiro atoms. The molecule has 2 unspecified atom stereocenters. The van der Waals surface area contributed by atoms with Crippen molar-refractivity contribution in [2.24, 2.45) is 11.7 Å². The maximum atomic E-state index is 6.61. The van der Waals surface area contributed by atoms with Gasteiger partial charge in [0.25, 0.3) is 0 Å². The van der Waals surface area contributed by atoms with Gasteiger partial charge in [-0.3, -0.25) is 0 Å². The van der Waals surface area contributed by atoms with E-state index in [4.69, 9.17) is 5.73 Å². The first kappa shape index (κ1) is 11.2. The molecule has 1 nitrogen and oxygen atoms in total. The zero-order valence-electron chi connectivity index (χ0n) is 9.54. The third-order valence-electron chi connectivity index (χ3n) is 3.86. The van der Waals surface area contributed by atoms with Gasteiger partial charge in [0.2, 0.25) is 0 Å². The minimum Gasteiger partial charge on any atom is -0.325 e. The van der Waals surface area contributed by atoms with Gasteiger partial charge in [-0.1, -0.05) is 26.2 Å². The van der Waals surface area contributed by atoms with Gasteiger partial charge in [0, 0.05) is 5.54 Å². The van der Waals surface area contributed by atoms with Gasteiger partial charge in [-0.05, 0) is 47.6 Å². The van der Waals surface area contributed by atoms with Gasteiger partial charge in [-0.2, -0.15) is 11.3 Å². The molecule has 15 heavy (non-hydrogen) atoms. The largest absolute Gasteiger partial charge is 0.325 e. The topological polar surface area (TPSA) is 26.0 Å². The highest BCUT2D eigenvalue weighted by Crippen LogP contribution is 2.36. The van der Waals surface area contributed by atoms with Crippen molar-refractivity contribution in [3.8, 4) is 0 Å². The van der Waals surface area contributed by atoms with Crippen molar-refractivity contribution < 1.29 is 0 Å². The van der Waals surface area contributed by atoms with Gasteiger partial charge in [-0.15, -0.1) is 0 Å². The summed E-state index contributed by atoms with van der Waals surface area (Å²) in [5.74, 6) is 0.728. The summed E-state index contributed by atoms with van der Waals surface area (Å²) in [7, 11) is 0. The molecule has 2 rings (SSSR count). The molecule has 1 aromatic heterocycles. The molecular weight excluding hydrogens is 202 g/mol. The molecule has 2 N–H and O–H groups in total. The second-order valence-corrected chi connectivity index (χ2v) is 5.67. The molecule has 2 atom stereocenters. The molecule has 0 radical (unpaired) electrons. The lowest BCUT2D eigenvalue weighted by atomic mass is 9.69. The highest BCUT2D eigenvalue weighted by atomic mass is 32.1. The highest BCUT2D eigenvalue weighted by Gasteiger charge is 2.35. The standard InChI is InChI=1S/C13H21NS/c1-2-12-5-3-4-7-13(12,14)9-11-6-8-15-10-11/h6,8,10,12H,2-5,7,9,14H2,1H3. The molecule has 0 aliphatic heterocycles. The molecule has 1 fully saturated rings. The molecular formula is C13H21NS. The van der Waals surface area contributed by atoms with Crippen molar-refractivity contribution in [2.45, 2.75) is 51.0 Å². The Morgan fingerprint density at radius 2 is 2.40 bits per heavy atom. The van der Waals surface area contributed by atoms with E-state index in [9.17, 15) is 0 Å². The monoisotopic (exact) mass is 223 g/mol. The van der Waals surface area contributed by atoms with E-state index in [1.54, 1.807) is 11.3 Å². The molecule has 0 bridgehead atoms. The number of rotatable bonds is 3. The van der Waals surface area contributed by atoms with Gasteiger partial charge < -0.3 is 5.73 Å². The molecule has 84 valence electrons. The van der Waals surface area contributed by atoms with Crippen molar-refractivity contribution in [2.75, 3.05) is 0 Å². The molecule has 1 saturated carbocycles.